The second-order valence-corrected chi connectivity index (χ2v) is 4.44. The molecular weight excluding hydrogens is 206 g/mol. The minimum Gasteiger partial charge on any atom is -0.345 e. The summed E-state index contributed by atoms with van der Waals surface area (Å²) in [5.41, 5.74) is 3.33. The van der Waals surface area contributed by atoms with Crippen molar-refractivity contribution in [3.8, 4) is 0 Å². The van der Waals surface area contributed by atoms with Crippen LogP contribution < -0.4 is 4.90 Å². The van der Waals surface area contributed by atoms with Gasteiger partial charge in [0.1, 0.15) is 0 Å². The second kappa shape index (κ2) is 5.05. The van der Waals surface area contributed by atoms with E-state index in [1.165, 1.54) is 0 Å². The third kappa shape index (κ3) is 2.68. The van der Waals surface area contributed by atoms with Gasteiger partial charge in [0.2, 0.25) is 0 Å². The largest absolute Gasteiger partial charge is 0.345 e. The molecule has 17 heavy (non-hydrogen) atoms. The third-order valence-electron chi connectivity index (χ3n) is 2.98. The van der Waals surface area contributed by atoms with Gasteiger partial charge in [-0.05, 0) is 35.7 Å². The first-order valence-electron chi connectivity index (χ1n) is 6.38. The highest BCUT2D eigenvalue weighted by atomic mass is 15.1. The SMILES string of the molecule is [2H]C(C)(C)c1ccc(N(C)c2ccccc2)cc1. The first-order valence-corrected chi connectivity index (χ1v) is 5.88. The smallest absolute Gasteiger partial charge is 0.0408 e. The zero-order chi connectivity index (χ0) is 13.2. The van der Waals surface area contributed by atoms with Crippen molar-refractivity contribution in [2.75, 3.05) is 11.9 Å². The van der Waals surface area contributed by atoms with Gasteiger partial charge < -0.3 is 4.90 Å². The molecule has 0 fully saturated rings. The Morgan fingerprint density at radius 3 is 1.94 bits per heavy atom. The molecule has 2 aromatic rings. The zero-order valence-corrected chi connectivity index (χ0v) is 10.6. The summed E-state index contributed by atoms with van der Waals surface area (Å²) in [5, 5.41) is 0. The first-order chi connectivity index (χ1) is 8.48. The van der Waals surface area contributed by atoms with E-state index in [4.69, 9.17) is 1.37 Å². The molecule has 0 heterocycles. The predicted octanol–water partition coefficient (Wildman–Crippen LogP) is 4.58. The molecule has 2 rings (SSSR count). The maximum absolute atomic E-state index is 8.00. The van der Waals surface area contributed by atoms with Crippen molar-refractivity contribution in [3.63, 3.8) is 0 Å². The highest BCUT2D eigenvalue weighted by molar-refractivity contribution is 5.62. The zero-order valence-electron chi connectivity index (χ0n) is 11.6. The van der Waals surface area contributed by atoms with Crippen molar-refractivity contribution in [1.29, 1.82) is 0 Å². The molecule has 0 aromatic heterocycles. The molecule has 0 N–H and O–H groups in total. The van der Waals surface area contributed by atoms with Gasteiger partial charge >= 0.3 is 0 Å². The standard InChI is InChI=1S/C16H19N/c1-13(2)14-9-11-16(12-10-14)17(3)15-7-5-4-6-8-15/h4-13H,1-3H3/i13D. The van der Waals surface area contributed by atoms with Crippen LogP contribution in [0.3, 0.4) is 0 Å². The van der Waals surface area contributed by atoms with Crippen molar-refractivity contribution in [1.82, 2.24) is 0 Å². The van der Waals surface area contributed by atoms with E-state index in [2.05, 4.69) is 36.2 Å². The number of nitrogens with zero attached hydrogens (tertiary/aromatic N) is 1. The molecule has 88 valence electrons. The summed E-state index contributed by atoms with van der Waals surface area (Å²) in [6, 6.07) is 18.5. The van der Waals surface area contributed by atoms with Crippen molar-refractivity contribution in [2.24, 2.45) is 0 Å². The van der Waals surface area contributed by atoms with E-state index >= 15 is 0 Å². The minimum atomic E-state index is -0.538. The maximum Gasteiger partial charge on any atom is 0.0408 e. The molecule has 2 aromatic carbocycles. The van der Waals surface area contributed by atoms with Crippen LogP contribution in [0, 0.1) is 0 Å². The number of rotatable bonds is 3. The molecule has 1 heteroatoms. The summed E-state index contributed by atoms with van der Waals surface area (Å²) in [6.45, 7) is 3.81. The number of para-hydroxylation sites is 1. The lowest BCUT2D eigenvalue weighted by Crippen LogP contribution is -2.09. The van der Waals surface area contributed by atoms with E-state index in [9.17, 15) is 0 Å². The van der Waals surface area contributed by atoms with Gasteiger partial charge in [-0.3, -0.25) is 0 Å². The molecule has 0 aliphatic carbocycles. The normalized spacial score (nSPS) is 12.1. The quantitative estimate of drug-likeness (QED) is 0.740. The molecule has 1 nitrogen and oxygen atoms in total. The fraction of sp³-hybridized carbons (Fsp3) is 0.250. The Bertz CT molecular complexity index is 497. The van der Waals surface area contributed by atoms with Gasteiger partial charge in [0, 0.05) is 19.8 Å². The fourth-order valence-corrected chi connectivity index (χ4v) is 1.82. The van der Waals surface area contributed by atoms with Crippen LogP contribution in [0.25, 0.3) is 0 Å². The average Bonchev–Trinajstić information content (AvgIpc) is 2.38. The van der Waals surface area contributed by atoms with Gasteiger partial charge in [-0.1, -0.05) is 44.2 Å². The molecule has 0 bridgehead atoms. The van der Waals surface area contributed by atoms with Crippen molar-refractivity contribution in [2.45, 2.75) is 19.7 Å². The minimum absolute atomic E-state index is 0.538. The van der Waals surface area contributed by atoms with Crippen LogP contribution in [0.2, 0.25) is 0 Å². The molecule has 0 saturated heterocycles. The number of hydrogen-bond donors (Lipinski definition) is 0. The van der Waals surface area contributed by atoms with Crippen LogP contribution in [-0.2, 0) is 0 Å². The van der Waals surface area contributed by atoms with E-state index < -0.39 is 5.89 Å². The highest BCUT2D eigenvalue weighted by Gasteiger charge is 2.04. The van der Waals surface area contributed by atoms with Gasteiger partial charge in [-0.15, -0.1) is 0 Å². The third-order valence-corrected chi connectivity index (χ3v) is 2.98. The topological polar surface area (TPSA) is 3.24 Å². The van der Waals surface area contributed by atoms with Crippen LogP contribution in [0.15, 0.2) is 54.6 Å². The molecule has 0 amide bonds. The molecule has 0 unspecified atom stereocenters. The van der Waals surface area contributed by atoms with Gasteiger partial charge in [0.25, 0.3) is 0 Å². The van der Waals surface area contributed by atoms with Gasteiger partial charge in [0.15, 0.2) is 0 Å². The van der Waals surface area contributed by atoms with Crippen LogP contribution in [0.5, 0.6) is 0 Å². The van der Waals surface area contributed by atoms with E-state index in [0.717, 1.165) is 16.9 Å². The summed E-state index contributed by atoms with van der Waals surface area (Å²) in [7, 11) is 2.05. The van der Waals surface area contributed by atoms with E-state index in [-0.39, 0.29) is 0 Å². The van der Waals surface area contributed by atoms with E-state index in [0.29, 0.717) is 0 Å². The van der Waals surface area contributed by atoms with Gasteiger partial charge in [-0.25, -0.2) is 0 Å². The highest BCUT2D eigenvalue weighted by Crippen LogP contribution is 2.25. The monoisotopic (exact) mass is 226 g/mol. The predicted molar refractivity (Wildman–Crippen MR) is 75.0 cm³/mol. The molecular formula is C16H19N. The Kier molecular flexibility index (Phi) is 3.09. The van der Waals surface area contributed by atoms with Crippen LogP contribution >= 0.6 is 0 Å². The lowest BCUT2D eigenvalue weighted by atomic mass is 10.0. The Balaban J connectivity index is 2.25. The van der Waals surface area contributed by atoms with E-state index in [1.54, 1.807) is 0 Å². The molecule has 0 aliphatic rings. The maximum atomic E-state index is 8.00. The average molecular weight is 226 g/mol. The summed E-state index contributed by atoms with van der Waals surface area (Å²) in [6.07, 6.45) is 0. The van der Waals surface area contributed by atoms with Gasteiger partial charge in [-0.2, -0.15) is 0 Å². The summed E-state index contributed by atoms with van der Waals surface area (Å²) >= 11 is 0. The lowest BCUT2D eigenvalue weighted by molar-refractivity contribution is 0.866. The van der Waals surface area contributed by atoms with Crippen molar-refractivity contribution >= 4 is 11.4 Å². The van der Waals surface area contributed by atoms with Gasteiger partial charge in [0.05, 0.1) is 0 Å². The summed E-state index contributed by atoms with van der Waals surface area (Å²) in [4.78, 5) is 2.14. The van der Waals surface area contributed by atoms with Crippen LogP contribution in [-0.4, -0.2) is 7.05 Å². The number of anilines is 2. The molecule has 0 radical (unpaired) electrons. The van der Waals surface area contributed by atoms with Crippen molar-refractivity contribution in [3.05, 3.63) is 60.2 Å². The van der Waals surface area contributed by atoms with E-state index in [1.807, 2.05) is 44.2 Å². The Morgan fingerprint density at radius 2 is 1.41 bits per heavy atom. The number of hydrogen-bond acceptors (Lipinski definition) is 1. The van der Waals surface area contributed by atoms with Crippen molar-refractivity contribution < 1.29 is 1.37 Å². The molecule has 0 saturated carbocycles. The number of benzene rings is 2. The summed E-state index contributed by atoms with van der Waals surface area (Å²) in [5.74, 6) is -0.538. The Labute approximate surface area is 105 Å². The first kappa shape index (κ1) is 10.4. The molecule has 0 atom stereocenters. The second-order valence-electron chi connectivity index (χ2n) is 4.44. The van der Waals surface area contributed by atoms with Crippen LogP contribution in [0.4, 0.5) is 11.4 Å². The lowest BCUT2D eigenvalue weighted by Gasteiger charge is -2.20. The summed E-state index contributed by atoms with van der Waals surface area (Å²) < 4.78 is 8.00. The molecule has 0 spiro atoms. The molecule has 0 aliphatic heterocycles. The Hall–Kier alpha value is -1.76. The van der Waals surface area contributed by atoms with Crippen LogP contribution in [0.1, 0.15) is 26.7 Å². The Morgan fingerprint density at radius 1 is 0.882 bits per heavy atom. The fourth-order valence-electron chi connectivity index (χ4n) is 1.82.